The van der Waals surface area contributed by atoms with Crippen molar-refractivity contribution in [2.75, 3.05) is 6.61 Å². The Morgan fingerprint density at radius 2 is 1.86 bits per heavy atom. The maximum absolute atomic E-state index is 12.0. The van der Waals surface area contributed by atoms with Gasteiger partial charge in [-0.25, -0.2) is 4.79 Å². The molecule has 0 aliphatic heterocycles. The first-order chi connectivity index (χ1) is 10.1. The van der Waals surface area contributed by atoms with Gasteiger partial charge in [0, 0.05) is 10.0 Å². The Hall–Kier alpha value is -1.81. The van der Waals surface area contributed by atoms with Crippen molar-refractivity contribution in [3.8, 4) is 5.75 Å². The number of hydrogen-bond acceptors (Lipinski definition) is 3. The first-order valence-corrected chi connectivity index (χ1v) is 7.55. The van der Waals surface area contributed by atoms with Gasteiger partial charge in [-0.05, 0) is 47.5 Å². The van der Waals surface area contributed by atoms with Crippen LogP contribution in [0.25, 0.3) is 0 Å². The lowest BCUT2D eigenvalue weighted by Gasteiger charge is -2.13. The molecule has 0 aliphatic carbocycles. The first-order valence-electron chi connectivity index (χ1n) is 6.76. The van der Waals surface area contributed by atoms with Gasteiger partial charge in [-0.2, -0.15) is 0 Å². The molecule has 4 heteroatoms. The summed E-state index contributed by atoms with van der Waals surface area (Å²) in [6, 6.07) is 13.6. The average Bonchev–Trinajstić information content (AvgIpc) is 2.48. The molecule has 0 radical (unpaired) electrons. The van der Waals surface area contributed by atoms with Gasteiger partial charge in [0.05, 0.1) is 12.2 Å². The van der Waals surface area contributed by atoms with Gasteiger partial charge in [0.25, 0.3) is 0 Å². The highest BCUT2D eigenvalue weighted by molar-refractivity contribution is 9.10. The Balaban J connectivity index is 2.21. The van der Waals surface area contributed by atoms with Gasteiger partial charge in [0.2, 0.25) is 0 Å². The molecule has 3 nitrogen and oxygen atoms in total. The summed E-state index contributed by atoms with van der Waals surface area (Å²) < 4.78 is 11.6. The standard InChI is InChI=1S/C17H17BrO3/c1-3-20-17(19)16-12(2)15(10-9-14(16)18)21-11-13-7-5-4-6-8-13/h4-10H,3,11H2,1-2H3. The van der Waals surface area contributed by atoms with E-state index in [0.717, 1.165) is 11.1 Å². The normalized spacial score (nSPS) is 10.2. The third kappa shape index (κ3) is 3.85. The largest absolute Gasteiger partial charge is 0.489 e. The molecule has 2 aromatic carbocycles. The molecule has 0 aliphatic rings. The van der Waals surface area contributed by atoms with E-state index in [2.05, 4.69) is 15.9 Å². The van der Waals surface area contributed by atoms with Crippen molar-refractivity contribution in [2.45, 2.75) is 20.5 Å². The van der Waals surface area contributed by atoms with Crippen LogP contribution in [0.2, 0.25) is 0 Å². The molecule has 21 heavy (non-hydrogen) atoms. The van der Waals surface area contributed by atoms with Crippen LogP contribution in [0.4, 0.5) is 0 Å². The second-order valence-corrected chi connectivity index (χ2v) is 5.39. The van der Waals surface area contributed by atoms with Gasteiger partial charge in [-0.1, -0.05) is 30.3 Å². The van der Waals surface area contributed by atoms with Crippen LogP contribution in [0.5, 0.6) is 5.75 Å². The molecule has 0 heterocycles. The number of benzene rings is 2. The van der Waals surface area contributed by atoms with Crippen LogP contribution >= 0.6 is 15.9 Å². The number of esters is 1. The fourth-order valence-electron chi connectivity index (χ4n) is 2.01. The van der Waals surface area contributed by atoms with E-state index in [1.165, 1.54) is 0 Å². The highest BCUT2D eigenvalue weighted by Gasteiger charge is 2.17. The van der Waals surface area contributed by atoms with Crippen LogP contribution in [0.15, 0.2) is 46.9 Å². The van der Waals surface area contributed by atoms with E-state index in [0.29, 0.717) is 29.0 Å². The predicted octanol–water partition coefficient (Wildman–Crippen LogP) is 4.51. The van der Waals surface area contributed by atoms with Gasteiger partial charge in [-0.15, -0.1) is 0 Å². The van der Waals surface area contributed by atoms with E-state index in [4.69, 9.17) is 9.47 Å². The maximum Gasteiger partial charge on any atom is 0.339 e. The highest BCUT2D eigenvalue weighted by Crippen LogP contribution is 2.29. The molecule has 0 saturated heterocycles. The van der Waals surface area contributed by atoms with Crippen LogP contribution in [0, 0.1) is 6.92 Å². The molecule has 0 N–H and O–H groups in total. The summed E-state index contributed by atoms with van der Waals surface area (Å²) in [6.45, 7) is 4.46. The quantitative estimate of drug-likeness (QED) is 0.745. The number of carbonyl (C=O) groups excluding carboxylic acids is 1. The topological polar surface area (TPSA) is 35.5 Å². The Morgan fingerprint density at radius 3 is 2.52 bits per heavy atom. The van der Waals surface area contributed by atoms with Crippen LogP contribution < -0.4 is 4.74 Å². The molecule has 0 amide bonds. The minimum Gasteiger partial charge on any atom is -0.489 e. The molecule has 0 saturated carbocycles. The van der Waals surface area contributed by atoms with Crippen LogP contribution in [-0.4, -0.2) is 12.6 Å². The van der Waals surface area contributed by atoms with Crippen molar-refractivity contribution in [2.24, 2.45) is 0 Å². The Morgan fingerprint density at radius 1 is 1.14 bits per heavy atom. The molecule has 0 spiro atoms. The molecule has 110 valence electrons. The molecule has 0 fully saturated rings. The second-order valence-electron chi connectivity index (χ2n) is 4.54. The zero-order valence-electron chi connectivity index (χ0n) is 12.1. The molecule has 2 rings (SSSR count). The number of ether oxygens (including phenoxy) is 2. The minimum atomic E-state index is -0.341. The number of halogens is 1. The van der Waals surface area contributed by atoms with E-state index >= 15 is 0 Å². The number of hydrogen-bond donors (Lipinski definition) is 0. The highest BCUT2D eigenvalue weighted by atomic mass is 79.9. The SMILES string of the molecule is CCOC(=O)c1c(Br)ccc(OCc2ccccc2)c1C. The van der Waals surface area contributed by atoms with Crippen molar-refractivity contribution < 1.29 is 14.3 Å². The monoisotopic (exact) mass is 348 g/mol. The average molecular weight is 349 g/mol. The summed E-state index contributed by atoms with van der Waals surface area (Å²) in [5, 5.41) is 0. The summed E-state index contributed by atoms with van der Waals surface area (Å²) in [5.41, 5.74) is 2.37. The molecule has 0 unspecified atom stereocenters. The molecule has 0 bridgehead atoms. The summed E-state index contributed by atoms with van der Waals surface area (Å²) in [5.74, 6) is 0.345. The Bertz CT molecular complexity index is 623. The maximum atomic E-state index is 12.0. The number of rotatable bonds is 5. The van der Waals surface area contributed by atoms with Gasteiger partial charge in [-0.3, -0.25) is 0 Å². The van der Waals surface area contributed by atoms with Crippen LogP contribution in [0.1, 0.15) is 28.4 Å². The Kier molecular flexibility index (Phi) is 5.39. The van der Waals surface area contributed by atoms with Gasteiger partial charge in [0.15, 0.2) is 0 Å². The molecule has 0 atom stereocenters. The summed E-state index contributed by atoms with van der Waals surface area (Å²) >= 11 is 3.39. The van der Waals surface area contributed by atoms with Crippen molar-refractivity contribution in [3.63, 3.8) is 0 Å². The molecule has 2 aromatic rings. The van der Waals surface area contributed by atoms with Crippen molar-refractivity contribution in [1.29, 1.82) is 0 Å². The van der Waals surface area contributed by atoms with E-state index in [-0.39, 0.29) is 5.97 Å². The van der Waals surface area contributed by atoms with Gasteiger partial charge in [0.1, 0.15) is 12.4 Å². The Labute approximate surface area is 133 Å². The lowest BCUT2D eigenvalue weighted by molar-refractivity contribution is 0.0524. The van der Waals surface area contributed by atoms with E-state index in [9.17, 15) is 4.79 Å². The van der Waals surface area contributed by atoms with E-state index in [1.54, 1.807) is 13.0 Å². The van der Waals surface area contributed by atoms with Crippen LogP contribution in [-0.2, 0) is 11.3 Å². The summed E-state index contributed by atoms with van der Waals surface area (Å²) in [4.78, 5) is 12.0. The zero-order chi connectivity index (χ0) is 15.2. The third-order valence-corrected chi connectivity index (χ3v) is 3.74. The predicted molar refractivity (Wildman–Crippen MR) is 85.6 cm³/mol. The van der Waals surface area contributed by atoms with Crippen LogP contribution in [0.3, 0.4) is 0 Å². The minimum absolute atomic E-state index is 0.341. The van der Waals surface area contributed by atoms with Crippen molar-refractivity contribution >= 4 is 21.9 Å². The van der Waals surface area contributed by atoms with Crippen molar-refractivity contribution in [3.05, 3.63) is 63.6 Å². The summed E-state index contributed by atoms with van der Waals surface area (Å²) in [7, 11) is 0. The summed E-state index contributed by atoms with van der Waals surface area (Å²) in [6.07, 6.45) is 0. The lowest BCUT2D eigenvalue weighted by Crippen LogP contribution is -2.09. The molecular formula is C17H17BrO3. The fraction of sp³-hybridized carbons (Fsp3) is 0.235. The lowest BCUT2D eigenvalue weighted by atomic mass is 10.1. The fourth-order valence-corrected chi connectivity index (χ4v) is 2.60. The van der Waals surface area contributed by atoms with Crippen molar-refractivity contribution in [1.82, 2.24) is 0 Å². The number of carbonyl (C=O) groups is 1. The molecular weight excluding hydrogens is 332 g/mol. The van der Waals surface area contributed by atoms with Gasteiger partial charge >= 0.3 is 5.97 Å². The van der Waals surface area contributed by atoms with E-state index < -0.39 is 0 Å². The second kappa shape index (κ2) is 7.27. The smallest absolute Gasteiger partial charge is 0.339 e. The zero-order valence-corrected chi connectivity index (χ0v) is 13.6. The third-order valence-electron chi connectivity index (χ3n) is 3.08. The van der Waals surface area contributed by atoms with E-state index in [1.807, 2.05) is 43.3 Å². The van der Waals surface area contributed by atoms with Gasteiger partial charge < -0.3 is 9.47 Å². The first kappa shape index (κ1) is 15.6. The molecule has 0 aromatic heterocycles.